The van der Waals surface area contributed by atoms with E-state index < -0.39 is 11.4 Å². The fourth-order valence-electron chi connectivity index (χ4n) is 2.79. The molecular formula is C16H18FN3O3. The van der Waals surface area contributed by atoms with E-state index in [0.29, 0.717) is 12.1 Å². The van der Waals surface area contributed by atoms with Gasteiger partial charge in [-0.25, -0.2) is 9.37 Å². The molecule has 2 heterocycles. The lowest BCUT2D eigenvalue weighted by molar-refractivity contribution is -0.123. The van der Waals surface area contributed by atoms with E-state index >= 15 is 0 Å². The van der Waals surface area contributed by atoms with E-state index in [4.69, 9.17) is 4.74 Å². The molecule has 2 unspecified atom stereocenters. The monoisotopic (exact) mass is 319 g/mol. The smallest absolute Gasteiger partial charge is 0.261 e. The van der Waals surface area contributed by atoms with Crippen LogP contribution in [0.2, 0.25) is 0 Å². The summed E-state index contributed by atoms with van der Waals surface area (Å²) in [4.78, 5) is 28.5. The van der Waals surface area contributed by atoms with E-state index in [2.05, 4.69) is 10.3 Å². The van der Waals surface area contributed by atoms with Crippen LogP contribution in [0.25, 0.3) is 10.9 Å². The number of amides is 1. The number of carbonyl (C=O) groups is 1. The number of nitrogens with one attached hydrogen (secondary N) is 1. The van der Waals surface area contributed by atoms with Crippen LogP contribution in [0.4, 0.5) is 4.39 Å². The fraction of sp³-hybridized carbons (Fsp3) is 0.438. The molecule has 122 valence electrons. The molecule has 1 aliphatic heterocycles. The SMILES string of the molecule is CC(NC(=O)Cn1cnc2ccc(F)cc2c1=O)C1CCCO1. The van der Waals surface area contributed by atoms with Gasteiger partial charge in [-0.3, -0.25) is 14.2 Å². The predicted octanol–water partition coefficient (Wildman–Crippen LogP) is 1.22. The van der Waals surface area contributed by atoms with Crippen LogP contribution in [0.5, 0.6) is 0 Å². The Bertz CT molecular complexity index is 784. The van der Waals surface area contributed by atoms with Crippen LogP contribution in [0.1, 0.15) is 19.8 Å². The highest BCUT2D eigenvalue weighted by Crippen LogP contribution is 2.15. The Balaban J connectivity index is 1.74. The van der Waals surface area contributed by atoms with E-state index in [1.165, 1.54) is 23.0 Å². The molecule has 2 atom stereocenters. The molecule has 1 amide bonds. The molecule has 3 rings (SSSR count). The van der Waals surface area contributed by atoms with Crippen molar-refractivity contribution in [1.82, 2.24) is 14.9 Å². The minimum atomic E-state index is -0.509. The van der Waals surface area contributed by atoms with Crippen LogP contribution in [0, 0.1) is 5.82 Å². The molecule has 23 heavy (non-hydrogen) atoms. The molecule has 0 aliphatic carbocycles. The number of benzene rings is 1. The van der Waals surface area contributed by atoms with Crippen LogP contribution in [-0.2, 0) is 16.1 Å². The Morgan fingerprint density at radius 3 is 3.13 bits per heavy atom. The van der Waals surface area contributed by atoms with Crippen LogP contribution in [-0.4, -0.2) is 34.2 Å². The number of rotatable bonds is 4. The summed E-state index contributed by atoms with van der Waals surface area (Å²) < 4.78 is 20.0. The molecule has 0 spiro atoms. The third-order valence-corrected chi connectivity index (χ3v) is 4.01. The first-order valence-corrected chi connectivity index (χ1v) is 7.60. The lowest BCUT2D eigenvalue weighted by atomic mass is 10.1. The second-order valence-corrected chi connectivity index (χ2v) is 5.75. The summed E-state index contributed by atoms with van der Waals surface area (Å²) in [5.74, 6) is -0.807. The number of hydrogen-bond acceptors (Lipinski definition) is 4. The van der Waals surface area contributed by atoms with Gasteiger partial charge >= 0.3 is 0 Å². The van der Waals surface area contributed by atoms with Gasteiger partial charge in [-0.2, -0.15) is 0 Å². The number of aromatic nitrogens is 2. The Labute approximate surface area is 132 Å². The van der Waals surface area contributed by atoms with Crippen molar-refractivity contribution in [3.05, 3.63) is 40.7 Å². The summed E-state index contributed by atoms with van der Waals surface area (Å²) in [7, 11) is 0. The van der Waals surface area contributed by atoms with E-state index in [-0.39, 0.29) is 30.0 Å². The third kappa shape index (κ3) is 3.39. The highest BCUT2D eigenvalue weighted by Gasteiger charge is 2.23. The van der Waals surface area contributed by atoms with Crippen LogP contribution >= 0.6 is 0 Å². The summed E-state index contributed by atoms with van der Waals surface area (Å²) in [6.45, 7) is 2.44. The maximum atomic E-state index is 13.3. The zero-order valence-corrected chi connectivity index (χ0v) is 12.8. The largest absolute Gasteiger partial charge is 0.376 e. The topological polar surface area (TPSA) is 73.2 Å². The molecular weight excluding hydrogens is 301 g/mol. The van der Waals surface area contributed by atoms with Gasteiger partial charge < -0.3 is 10.1 Å². The van der Waals surface area contributed by atoms with Crippen LogP contribution in [0.15, 0.2) is 29.3 Å². The van der Waals surface area contributed by atoms with Gasteiger partial charge in [0.25, 0.3) is 5.56 Å². The molecule has 1 aromatic carbocycles. The van der Waals surface area contributed by atoms with Crippen molar-refractivity contribution in [2.75, 3.05) is 6.61 Å². The van der Waals surface area contributed by atoms with Gasteiger partial charge in [-0.15, -0.1) is 0 Å². The lowest BCUT2D eigenvalue weighted by Gasteiger charge is -2.20. The highest BCUT2D eigenvalue weighted by atomic mass is 19.1. The Morgan fingerprint density at radius 2 is 2.39 bits per heavy atom. The maximum Gasteiger partial charge on any atom is 0.261 e. The summed E-state index contributed by atoms with van der Waals surface area (Å²) in [5, 5.41) is 2.99. The minimum absolute atomic E-state index is 0.0134. The van der Waals surface area contributed by atoms with Gasteiger partial charge in [0.1, 0.15) is 12.4 Å². The van der Waals surface area contributed by atoms with Crippen molar-refractivity contribution < 1.29 is 13.9 Å². The number of fused-ring (bicyclic) bond motifs is 1. The average molecular weight is 319 g/mol. The summed E-state index contributed by atoms with van der Waals surface area (Å²) in [6.07, 6.45) is 3.22. The van der Waals surface area contributed by atoms with Gasteiger partial charge in [0.2, 0.25) is 5.91 Å². The number of hydrogen-bond donors (Lipinski definition) is 1. The Hall–Kier alpha value is -2.28. The second kappa shape index (κ2) is 6.45. The molecule has 1 N–H and O–H groups in total. The van der Waals surface area contributed by atoms with Crippen molar-refractivity contribution in [2.45, 2.75) is 38.5 Å². The molecule has 7 heteroatoms. The van der Waals surface area contributed by atoms with Crippen molar-refractivity contribution in [3.63, 3.8) is 0 Å². The highest BCUT2D eigenvalue weighted by molar-refractivity contribution is 5.79. The number of ether oxygens (including phenoxy) is 1. The van der Waals surface area contributed by atoms with Crippen molar-refractivity contribution in [3.8, 4) is 0 Å². The quantitative estimate of drug-likeness (QED) is 0.919. The Kier molecular flexibility index (Phi) is 4.38. The molecule has 6 nitrogen and oxygen atoms in total. The molecule has 1 fully saturated rings. The summed E-state index contributed by atoms with van der Waals surface area (Å²) >= 11 is 0. The van der Waals surface area contributed by atoms with E-state index in [9.17, 15) is 14.0 Å². The van der Waals surface area contributed by atoms with E-state index in [1.54, 1.807) is 0 Å². The van der Waals surface area contributed by atoms with Crippen molar-refractivity contribution in [1.29, 1.82) is 0 Å². The molecule has 0 radical (unpaired) electrons. The molecule has 0 bridgehead atoms. The fourth-order valence-corrected chi connectivity index (χ4v) is 2.79. The second-order valence-electron chi connectivity index (χ2n) is 5.75. The van der Waals surface area contributed by atoms with Gasteiger partial charge in [-0.05, 0) is 38.0 Å². The molecule has 2 aromatic rings. The lowest BCUT2D eigenvalue weighted by Crippen LogP contribution is -2.43. The molecule has 0 saturated carbocycles. The standard InChI is InChI=1S/C16H18FN3O3/c1-10(14-3-2-6-23-14)19-15(21)8-20-9-18-13-5-4-11(17)7-12(13)16(20)22/h4-5,7,9-10,14H,2-3,6,8H2,1H3,(H,19,21). The van der Waals surface area contributed by atoms with Crippen molar-refractivity contribution >= 4 is 16.8 Å². The van der Waals surface area contributed by atoms with E-state index in [1.807, 2.05) is 6.92 Å². The van der Waals surface area contributed by atoms with Crippen molar-refractivity contribution in [2.24, 2.45) is 0 Å². The van der Waals surface area contributed by atoms with Gasteiger partial charge in [0.15, 0.2) is 0 Å². The predicted molar refractivity (Wildman–Crippen MR) is 82.5 cm³/mol. The first-order chi connectivity index (χ1) is 11.0. The summed E-state index contributed by atoms with van der Waals surface area (Å²) in [5.41, 5.74) is -0.0322. The third-order valence-electron chi connectivity index (χ3n) is 4.01. The first-order valence-electron chi connectivity index (χ1n) is 7.60. The van der Waals surface area contributed by atoms with Crippen LogP contribution < -0.4 is 10.9 Å². The average Bonchev–Trinajstić information content (AvgIpc) is 3.05. The molecule has 1 aromatic heterocycles. The number of halogens is 1. The Morgan fingerprint density at radius 1 is 1.57 bits per heavy atom. The molecule has 1 aliphatic rings. The van der Waals surface area contributed by atoms with Gasteiger partial charge in [0.05, 0.1) is 29.4 Å². The van der Waals surface area contributed by atoms with E-state index in [0.717, 1.165) is 18.9 Å². The maximum absolute atomic E-state index is 13.3. The zero-order valence-electron chi connectivity index (χ0n) is 12.8. The zero-order chi connectivity index (χ0) is 16.4. The van der Waals surface area contributed by atoms with Crippen LogP contribution in [0.3, 0.4) is 0 Å². The minimum Gasteiger partial charge on any atom is -0.376 e. The van der Waals surface area contributed by atoms with Gasteiger partial charge in [0, 0.05) is 6.61 Å². The van der Waals surface area contributed by atoms with Gasteiger partial charge in [-0.1, -0.05) is 0 Å². The summed E-state index contributed by atoms with van der Waals surface area (Å²) in [6, 6.07) is 3.70. The first kappa shape index (κ1) is 15.6. The number of carbonyl (C=O) groups excluding carboxylic acids is 1. The molecule has 1 saturated heterocycles. The normalized spacial score (nSPS) is 19.0. The number of nitrogens with zero attached hydrogens (tertiary/aromatic N) is 2.